The Morgan fingerprint density at radius 1 is 1.37 bits per heavy atom. The number of sulfone groups is 1. The van der Waals surface area contributed by atoms with E-state index >= 15 is 0 Å². The monoisotopic (exact) mass is 346 g/mol. The highest BCUT2D eigenvalue weighted by atomic mass is 79.9. The zero-order chi connectivity index (χ0) is 13.7. The molecule has 0 atom stereocenters. The summed E-state index contributed by atoms with van der Waals surface area (Å²) in [6.07, 6.45) is 2.23. The van der Waals surface area contributed by atoms with E-state index in [0.29, 0.717) is 15.8 Å². The molecule has 1 aliphatic heterocycles. The SMILES string of the molecule is O=S(=O)(c1ccc(CC2(O)CC2)cc1Br)C1COC1. The lowest BCUT2D eigenvalue weighted by Gasteiger charge is -2.26. The number of ether oxygens (including phenoxy) is 1. The molecule has 0 amide bonds. The number of hydrogen-bond donors (Lipinski definition) is 1. The quantitative estimate of drug-likeness (QED) is 0.900. The van der Waals surface area contributed by atoms with E-state index in [9.17, 15) is 13.5 Å². The van der Waals surface area contributed by atoms with Crippen molar-refractivity contribution in [3.05, 3.63) is 28.2 Å². The van der Waals surface area contributed by atoms with Crippen LogP contribution in [0.1, 0.15) is 18.4 Å². The van der Waals surface area contributed by atoms with Crippen molar-refractivity contribution in [2.45, 2.75) is 35.0 Å². The van der Waals surface area contributed by atoms with E-state index in [0.717, 1.165) is 18.4 Å². The van der Waals surface area contributed by atoms with Gasteiger partial charge in [0.1, 0.15) is 5.25 Å². The summed E-state index contributed by atoms with van der Waals surface area (Å²) in [5.41, 5.74) is 0.387. The maximum Gasteiger partial charge on any atom is 0.186 e. The van der Waals surface area contributed by atoms with Gasteiger partial charge in [-0.25, -0.2) is 8.42 Å². The van der Waals surface area contributed by atoms with Crippen molar-refractivity contribution < 1.29 is 18.3 Å². The second-order valence-corrected chi connectivity index (χ2v) is 8.42. The Hall–Kier alpha value is -0.430. The molecule has 4 nitrogen and oxygen atoms in total. The van der Waals surface area contributed by atoms with E-state index in [1.165, 1.54) is 0 Å². The van der Waals surface area contributed by atoms with E-state index in [4.69, 9.17) is 4.74 Å². The molecule has 1 aliphatic carbocycles. The molecule has 0 unspecified atom stereocenters. The minimum atomic E-state index is -3.31. The number of rotatable bonds is 4. The Kier molecular flexibility index (Phi) is 3.24. The maximum atomic E-state index is 12.3. The summed E-state index contributed by atoms with van der Waals surface area (Å²) < 4.78 is 30.1. The predicted molar refractivity (Wildman–Crippen MR) is 73.8 cm³/mol. The van der Waals surface area contributed by atoms with Gasteiger partial charge in [0.25, 0.3) is 0 Å². The Labute approximate surface area is 120 Å². The van der Waals surface area contributed by atoms with Crippen LogP contribution < -0.4 is 0 Å². The molecule has 1 saturated carbocycles. The summed E-state index contributed by atoms with van der Waals surface area (Å²) in [5, 5.41) is 9.46. The number of benzene rings is 1. The molecule has 2 fully saturated rings. The van der Waals surface area contributed by atoms with Gasteiger partial charge in [-0.05, 0) is 46.5 Å². The van der Waals surface area contributed by atoms with Gasteiger partial charge >= 0.3 is 0 Å². The Balaban J connectivity index is 1.87. The Morgan fingerprint density at radius 2 is 2.05 bits per heavy atom. The van der Waals surface area contributed by atoms with Gasteiger partial charge in [0.05, 0.1) is 23.7 Å². The molecule has 0 spiro atoms. The summed E-state index contributed by atoms with van der Waals surface area (Å²) in [6.45, 7) is 0.548. The van der Waals surface area contributed by atoms with Crippen molar-refractivity contribution in [1.82, 2.24) is 0 Å². The van der Waals surface area contributed by atoms with Crippen LogP contribution in [0.2, 0.25) is 0 Å². The standard InChI is InChI=1S/C13H15BrO4S/c14-11-5-9(6-13(15)3-4-13)1-2-12(11)19(16,17)10-7-18-8-10/h1-2,5,10,15H,3-4,6-8H2. The molecule has 0 radical (unpaired) electrons. The molecule has 0 bridgehead atoms. The molecule has 1 aromatic carbocycles. The van der Waals surface area contributed by atoms with E-state index in [-0.39, 0.29) is 13.2 Å². The second-order valence-electron chi connectivity index (χ2n) is 5.37. The van der Waals surface area contributed by atoms with Crippen LogP contribution in [-0.2, 0) is 21.0 Å². The molecule has 1 saturated heterocycles. The minimum Gasteiger partial charge on any atom is -0.390 e. The van der Waals surface area contributed by atoms with E-state index < -0.39 is 20.7 Å². The van der Waals surface area contributed by atoms with Gasteiger partial charge in [-0.1, -0.05) is 6.07 Å². The molecular formula is C13H15BrO4S. The normalized spacial score (nSPS) is 22.0. The topological polar surface area (TPSA) is 63.6 Å². The van der Waals surface area contributed by atoms with Crippen molar-refractivity contribution in [1.29, 1.82) is 0 Å². The van der Waals surface area contributed by atoms with Crippen LogP contribution in [0.25, 0.3) is 0 Å². The van der Waals surface area contributed by atoms with Gasteiger partial charge in [-0.2, -0.15) is 0 Å². The fourth-order valence-electron chi connectivity index (χ4n) is 2.16. The van der Waals surface area contributed by atoms with Crippen LogP contribution in [0.3, 0.4) is 0 Å². The molecule has 6 heteroatoms. The molecule has 3 rings (SSSR count). The summed E-state index contributed by atoms with van der Waals surface area (Å²) in [4.78, 5) is 0.312. The molecule has 2 aliphatic rings. The summed E-state index contributed by atoms with van der Waals surface area (Å²) in [6, 6.07) is 5.20. The molecule has 104 valence electrons. The lowest BCUT2D eigenvalue weighted by Crippen LogP contribution is -2.40. The smallest absolute Gasteiger partial charge is 0.186 e. The fraction of sp³-hybridized carbons (Fsp3) is 0.538. The van der Waals surface area contributed by atoms with Crippen LogP contribution >= 0.6 is 15.9 Å². The lowest BCUT2D eigenvalue weighted by atomic mass is 10.1. The van der Waals surface area contributed by atoms with Gasteiger partial charge in [-0.3, -0.25) is 0 Å². The number of aliphatic hydroxyl groups is 1. The van der Waals surface area contributed by atoms with Crippen molar-refractivity contribution in [2.75, 3.05) is 13.2 Å². The largest absolute Gasteiger partial charge is 0.390 e. The molecule has 1 N–H and O–H groups in total. The zero-order valence-electron chi connectivity index (χ0n) is 10.3. The summed E-state index contributed by atoms with van der Waals surface area (Å²) >= 11 is 3.33. The first-order chi connectivity index (χ1) is 8.91. The average molecular weight is 347 g/mol. The Morgan fingerprint density at radius 3 is 2.53 bits per heavy atom. The maximum absolute atomic E-state index is 12.3. The second kappa shape index (κ2) is 4.55. The van der Waals surface area contributed by atoms with Gasteiger partial charge < -0.3 is 9.84 Å². The first kappa shape index (κ1) is 13.5. The third kappa shape index (κ3) is 2.59. The summed E-state index contributed by atoms with van der Waals surface area (Å²) in [5.74, 6) is 0. The lowest BCUT2D eigenvalue weighted by molar-refractivity contribution is 0.0416. The molecule has 19 heavy (non-hydrogen) atoms. The third-order valence-corrected chi connectivity index (χ3v) is 6.75. The van der Waals surface area contributed by atoms with E-state index in [2.05, 4.69) is 15.9 Å². The van der Waals surface area contributed by atoms with Crippen molar-refractivity contribution in [2.24, 2.45) is 0 Å². The molecule has 0 aromatic heterocycles. The minimum absolute atomic E-state index is 0.274. The average Bonchev–Trinajstić information content (AvgIpc) is 2.91. The molecular weight excluding hydrogens is 332 g/mol. The summed E-state index contributed by atoms with van der Waals surface area (Å²) in [7, 11) is -3.31. The predicted octanol–water partition coefficient (Wildman–Crippen LogP) is 1.69. The van der Waals surface area contributed by atoms with Gasteiger partial charge in [0, 0.05) is 10.9 Å². The van der Waals surface area contributed by atoms with Crippen molar-refractivity contribution >= 4 is 25.8 Å². The first-order valence-electron chi connectivity index (χ1n) is 6.23. The number of hydrogen-bond acceptors (Lipinski definition) is 4. The van der Waals surface area contributed by atoms with Crippen molar-refractivity contribution in [3.63, 3.8) is 0 Å². The van der Waals surface area contributed by atoms with E-state index in [1.54, 1.807) is 18.2 Å². The van der Waals surface area contributed by atoms with Gasteiger partial charge in [0.2, 0.25) is 0 Å². The molecule has 1 aromatic rings. The van der Waals surface area contributed by atoms with E-state index in [1.807, 2.05) is 0 Å². The first-order valence-corrected chi connectivity index (χ1v) is 8.57. The fourth-order valence-corrected chi connectivity index (χ4v) is 4.76. The third-order valence-electron chi connectivity index (χ3n) is 3.71. The van der Waals surface area contributed by atoms with Crippen LogP contribution in [-0.4, -0.2) is 37.6 Å². The van der Waals surface area contributed by atoms with Crippen molar-refractivity contribution in [3.8, 4) is 0 Å². The van der Waals surface area contributed by atoms with Gasteiger partial charge in [-0.15, -0.1) is 0 Å². The highest BCUT2D eigenvalue weighted by molar-refractivity contribution is 9.10. The van der Waals surface area contributed by atoms with Gasteiger partial charge in [0.15, 0.2) is 9.84 Å². The van der Waals surface area contributed by atoms with Crippen LogP contribution in [0.5, 0.6) is 0 Å². The van der Waals surface area contributed by atoms with Crippen LogP contribution in [0, 0.1) is 0 Å². The van der Waals surface area contributed by atoms with Crippen LogP contribution in [0.15, 0.2) is 27.6 Å². The molecule has 1 heterocycles. The Bertz CT molecular complexity index is 603. The zero-order valence-corrected chi connectivity index (χ0v) is 12.7. The highest BCUT2D eigenvalue weighted by Crippen LogP contribution is 2.39. The highest BCUT2D eigenvalue weighted by Gasteiger charge is 2.40. The van der Waals surface area contributed by atoms with Crippen LogP contribution in [0.4, 0.5) is 0 Å². The number of halogens is 1.